The number of carbonyl (C=O) groups is 2. The van der Waals surface area contributed by atoms with Gasteiger partial charge in [0.2, 0.25) is 11.8 Å². The van der Waals surface area contributed by atoms with Crippen LogP contribution in [-0.2, 0) is 16.1 Å². The number of halogens is 2. The topological polar surface area (TPSA) is 58.2 Å². The lowest BCUT2D eigenvalue weighted by atomic mass is 9.90. The van der Waals surface area contributed by atoms with E-state index in [2.05, 4.69) is 10.6 Å². The summed E-state index contributed by atoms with van der Waals surface area (Å²) in [5.41, 5.74) is 0.0309. The van der Waals surface area contributed by atoms with Gasteiger partial charge in [-0.1, -0.05) is 23.7 Å². The molecule has 0 saturated heterocycles. The Bertz CT molecular complexity index is 728. The third-order valence-electron chi connectivity index (χ3n) is 3.60. The Morgan fingerprint density at radius 2 is 1.58 bits per heavy atom. The van der Waals surface area contributed by atoms with E-state index >= 15 is 0 Å². The van der Waals surface area contributed by atoms with Gasteiger partial charge in [0, 0.05) is 17.3 Å². The predicted molar refractivity (Wildman–Crippen MR) is 92.1 cm³/mol. The minimum atomic E-state index is -1.28. The maximum absolute atomic E-state index is 12.9. The zero-order chi connectivity index (χ0) is 17.7. The van der Waals surface area contributed by atoms with Crippen molar-refractivity contribution in [1.29, 1.82) is 0 Å². The fraction of sp³-hybridized carbons (Fsp3) is 0.222. The molecule has 0 atom stereocenters. The van der Waals surface area contributed by atoms with Crippen LogP contribution in [0.2, 0.25) is 5.02 Å². The molecule has 0 aliphatic rings. The first-order valence-corrected chi connectivity index (χ1v) is 7.76. The predicted octanol–water partition coefficient (Wildman–Crippen LogP) is 3.76. The smallest absolute Gasteiger partial charge is 0.239 e. The quantitative estimate of drug-likeness (QED) is 0.808. The van der Waals surface area contributed by atoms with Crippen molar-refractivity contribution in [3.8, 4) is 0 Å². The summed E-state index contributed by atoms with van der Waals surface area (Å²) < 4.78 is 12.9. The van der Waals surface area contributed by atoms with Crippen molar-refractivity contribution in [1.82, 2.24) is 5.32 Å². The molecule has 126 valence electrons. The van der Waals surface area contributed by atoms with Crippen molar-refractivity contribution in [2.75, 3.05) is 5.32 Å². The third kappa shape index (κ3) is 4.55. The summed E-state index contributed by atoms with van der Waals surface area (Å²) in [5, 5.41) is 5.96. The lowest BCUT2D eigenvalue weighted by Crippen LogP contribution is -2.44. The molecule has 0 saturated carbocycles. The van der Waals surface area contributed by atoms with Crippen LogP contribution in [0.4, 0.5) is 10.1 Å². The van der Waals surface area contributed by atoms with E-state index in [0.29, 0.717) is 17.3 Å². The Hall–Kier alpha value is -2.40. The van der Waals surface area contributed by atoms with E-state index in [1.807, 2.05) is 0 Å². The minimum absolute atomic E-state index is 0.295. The molecule has 0 aliphatic heterocycles. The van der Waals surface area contributed by atoms with Gasteiger partial charge in [-0.2, -0.15) is 0 Å². The molecular weight excluding hydrogens is 331 g/mol. The van der Waals surface area contributed by atoms with Crippen LogP contribution in [0.25, 0.3) is 0 Å². The molecule has 0 bridgehead atoms. The van der Waals surface area contributed by atoms with Crippen LogP contribution >= 0.6 is 11.6 Å². The number of amides is 2. The maximum atomic E-state index is 12.9. The van der Waals surface area contributed by atoms with Gasteiger partial charge in [0.05, 0.1) is 0 Å². The second-order valence-electron chi connectivity index (χ2n) is 5.90. The molecule has 2 amide bonds. The fourth-order valence-corrected chi connectivity index (χ4v) is 2.06. The van der Waals surface area contributed by atoms with Gasteiger partial charge in [-0.15, -0.1) is 0 Å². The number of rotatable bonds is 5. The zero-order valence-electron chi connectivity index (χ0n) is 13.4. The highest BCUT2D eigenvalue weighted by Gasteiger charge is 2.35. The molecule has 2 aromatic rings. The van der Waals surface area contributed by atoms with Crippen molar-refractivity contribution >= 4 is 29.1 Å². The van der Waals surface area contributed by atoms with E-state index in [4.69, 9.17) is 11.6 Å². The van der Waals surface area contributed by atoms with Crippen LogP contribution in [-0.4, -0.2) is 11.8 Å². The van der Waals surface area contributed by atoms with Crippen molar-refractivity contribution in [3.05, 3.63) is 64.9 Å². The number of carbonyl (C=O) groups excluding carboxylic acids is 2. The Kier molecular flexibility index (Phi) is 5.57. The van der Waals surface area contributed by atoms with Crippen molar-refractivity contribution < 1.29 is 14.0 Å². The molecule has 0 aromatic heterocycles. The van der Waals surface area contributed by atoms with Gasteiger partial charge in [-0.25, -0.2) is 4.39 Å². The Labute approximate surface area is 145 Å². The van der Waals surface area contributed by atoms with Gasteiger partial charge >= 0.3 is 0 Å². The van der Waals surface area contributed by atoms with Crippen molar-refractivity contribution in [2.45, 2.75) is 20.4 Å². The minimum Gasteiger partial charge on any atom is -0.351 e. The average molecular weight is 349 g/mol. The molecule has 24 heavy (non-hydrogen) atoms. The number of anilines is 1. The molecular formula is C18H18ClFN2O2. The van der Waals surface area contributed by atoms with Gasteiger partial charge in [0.15, 0.2) is 0 Å². The van der Waals surface area contributed by atoms with Gasteiger partial charge < -0.3 is 10.6 Å². The Balaban J connectivity index is 1.96. The number of hydrogen-bond acceptors (Lipinski definition) is 2. The van der Waals surface area contributed by atoms with E-state index in [-0.39, 0.29) is 0 Å². The first-order chi connectivity index (χ1) is 11.3. The first kappa shape index (κ1) is 17.9. The lowest BCUT2D eigenvalue weighted by molar-refractivity contribution is -0.138. The molecule has 0 radical (unpaired) electrons. The second-order valence-corrected chi connectivity index (χ2v) is 6.33. The highest BCUT2D eigenvalue weighted by Crippen LogP contribution is 2.20. The fourth-order valence-electron chi connectivity index (χ4n) is 1.93. The van der Waals surface area contributed by atoms with Crippen LogP contribution in [0.3, 0.4) is 0 Å². The Morgan fingerprint density at radius 3 is 2.17 bits per heavy atom. The molecule has 0 spiro atoms. The number of nitrogens with one attached hydrogen (secondary N) is 2. The maximum Gasteiger partial charge on any atom is 0.239 e. The summed E-state index contributed by atoms with van der Waals surface area (Å²) in [6.45, 7) is 3.36. The molecule has 0 heterocycles. The van der Waals surface area contributed by atoms with Crippen LogP contribution in [0.1, 0.15) is 19.4 Å². The lowest BCUT2D eigenvalue weighted by Gasteiger charge is -2.22. The van der Waals surface area contributed by atoms with Crippen molar-refractivity contribution in [3.63, 3.8) is 0 Å². The van der Waals surface area contributed by atoms with Crippen LogP contribution < -0.4 is 10.6 Å². The average Bonchev–Trinajstić information content (AvgIpc) is 2.56. The van der Waals surface area contributed by atoms with Gasteiger partial charge in [-0.3, -0.25) is 9.59 Å². The van der Waals surface area contributed by atoms with Crippen LogP contribution in [0, 0.1) is 11.2 Å². The van der Waals surface area contributed by atoms with Gasteiger partial charge in [-0.05, 0) is 55.8 Å². The summed E-state index contributed by atoms with van der Waals surface area (Å²) in [7, 11) is 0. The van der Waals surface area contributed by atoms with Crippen molar-refractivity contribution in [2.24, 2.45) is 5.41 Å². The van der Waals surface area contributed by atoms with Crippen LogP contribution in [0.15, 0.2) is 48.5 Å². The van der Waals surface area contributed by atoms with Crippen LogP contribution in [0.5, 0.6) is 0 Å². The molecule has 4 nitrogen and oxygen atoms in total. The monoisotopic (exact) mass is 348 g/mol. The summed E-state index contributed by atoms with van der Waals surface area (Å²) in [6.07, 6.45) is 0. The summed E-state index contributed by atoms with van der Waals surface area (Å²) in [5.74, 6) is -1.27. The molecule has 0 unspecified atom stereocenters. The molecule has 2 aromatic carbocycles. The highest BCUT2D eigenvalue weighted by molar-refractivity contribution is 6.30. The standard InChI is InChI=1S/C18H18ClFN2O2/c1-18(2,17(24)22-15-9-7-14(20)8-10-15)16(23)21-11-12-3-5-13(19)6-4-12/h3-10H,11H2,1-2H3,(H,21,23)(H,22,24). The Morgan fingerprint density at radius 1 is 1.00 bits per heavy atom. The van der Waals surface area contributed by atoms with E-state index in [1.54, 1.807) is 24.3 Å². The third-order valence-corrected chi connectivity index (χ3v) is 3.86. The van der Waals surface area contributed by atoms with E-state index in [0.717, 1.165) is 5.56 Å². The molecule has 0 fully saturated rings. The SMILES string of the molecule is CC(C)(C(=O)NCc1ccc(Cl)cc1)C(=O)Nc1ccc(F)cc1. The van der Waals surface area contributed by atoms with E-state index in [1.165, 1.54) is 38.1 Å². The molecule has 0 aliphatic carbocycles. The molecule has 2 rings (SSSR count). The first-order valence-electron chi connectivity index (χ1n) is 7.39. The normalized spacial score (nSPS) is 11.0. The largest absolute Gasteiger partial charge is 0.351 e. The zero-order valence-corrected chi connectivity index (χ0v) is 14.2. The second kappa shape index (κ2) is 7.45. The molecule has 6 heteroatoms. The molecule has 2 N–H and O–H groups in total. The number of hydrogen-bond donors (Lipinski definition) is 2. The van der Waals surface area contributed by atoms with Gasteiger partial charge in [0.1, 0.15) is 11.2 Å². The van der Waals surface area contributed by atoms with E-state index < -0.39 is 23.0 Å². The summed E-state index contributed by atoms with van der Waals surface area (Å²) in [6, 6.07) is 12.4. The van der Waals surface area contributed by atoms with E-state index in [9.17, 15) is 14.0 Å². The summed E-state index contributed by atoms with van der Waals surface area (Å²) in [4.78, 5) is 24.7. The van der Waals surface area contributed by atoms with Gasteiger partial charge in [0.25, 0.3) is 0 Å². The highest BCUT2D eigenvalue weighted by atomic mass is 35.5. The summed E-state index contributed by atoms with van der Waals surface area (Å²) >= 11 is 5.81. The number of benzene rings is 2.